The van der Waals surface area contributed by atoms with Gasteiger partial charge in [0.05, 0.1) is 13.7 Å². The minimum atomic E-state index is -0.352. The van der Waals surface area contributed by atoms with Crippen molar-refractivity contribution in [1.29, 1.82) is 0 Å². The number of carbonyl (C=O) groups is 1. The van der Waals surface area contributed by atoms with E-state index in [1.807, 2.05) is 35.6 Å². The Kier molecular flexibility index (Phi) is 10.2. The fourth-order valence-electron chi connectivity index (χ4n) is 3.30. The van der Waals surface area contributed by atoms with E-state index in [1.165, 1.54) is 43.7 Å². The zero-order chi connectivity index (χ0) is 21.9. The van der Waals surface area contributed by atoms with E-state index in [-0.39, 0.29) is 5.97 Å². The molecule has 4 heteroatoms. The highest BCUT2D eigenvalue weighted by atomic mass is 32.1. The second-order valence-electron chi connectivity index (χ2n) is 8.29. The second-order valence-corrected chi connectivity index (χ2v) is 9.40. The molecule has 0 fully saturated rings. The summed E-state index contributed by atoms with van der Waals surface area (Å²) in [4.78, 5) is 14.2. The van der Waals surface area contributed by atoms with Crippen molar-refractivity contribution in [3.8, 4) is 5.75 Å². The van der Waals surface area contributed by atoms with Crippen LogP contribution in [0.25, 0.3) is 6.08 Å². The van der Waals surface area contributed by atoms with Crippen molar-refractivity contribution in [2.45, 2.75) is 71.6 Å². The summed E-state index contributed by atoms with van der Waals surface area (Å²) in [5.41, 5.74) is 2.51. The lowest BCUT2D eigenvalue weighted by atomic mass is 10.0. The first-order valence-electron chi connectivity index (χ1n) is 11.0. The molecule has 1 heterocycles. The number of hydrogen-bond acceptors (Lipinski definition) is 4. The Morgan fingerprint density at radius 2 is 1.70 bits per heavy atom. The van der Waals surface area contributed by atoms with E-state index in [0.717, 1.165) is 24.3 Å². The predicted molar refractivity (Wildman–Crippen MR) is 128 cm³/mol. The number of methoxy groups -OCH3 is 1. The van der Waals surface area contributed by atoms with Gasteiger partial charge in [-0.05, 0) is 66.5 Å². The van der Waals surface area contributed by atoms with Crippen LogP contribution in [0.4, 0.5) is 0 Å². The van der Waals surface area contributed by atoms with Crippen molar-refractivity contribution in [2.24, 2.45) is 0 Å². The van der Waals surface area contributed by atoms with E-state index >= 15 is 0 Å². The van der Waals surface area contributed by atoms with Gasteiger partial charge in [0, 0.05) is 15.8 Å². The molecule has 0 spiro atoms. The molecule has 164 valence electrons. The van der Waals surface area contributed by atoms with Gasteiger partial charge in [-0.1, -0.05) is 52.7 Å². The largest absolute Gasteiger partial charge is 0.494 e. The number of hydrogen-bond donors (Lipinski definition) is 0. The van der Waals surface area contributed by atoms with Gasteiger partial charge in [0.25, 0.3) is 0 Å². The lowest BCUT2D eigenvalue weighted by molar-refractivity contribution is -0.134. The number of esters is 1. The van der Waals surface area contributed by atoms with Gasteiger partial charge in [-0.15, -0.1) is 11.3 Å². The van der Waals surface area contributed by atoms with E-state index < -0.39 is 0 Å². The summed E-state index contributed by atoms with van der Waals surface area (Å²) in [5.74, 6) is 1.76. The lowest BCUT2D eigenvalue weighted by Gasteiger charge is -2.08. The van der Waals surface area contributed by atoms with Crippen LogP contribution in [0, 0.1) is 0 Å². The molecule has 0 N–H and O–H groups in total. The maximum atomic E-state index is 11.1. The van der Waals surface area contributed by atoms with Gasteiger partial charge in [-0.2, -0.15) is 0 Å². The van der Waals surface area contributed by atoms with Gasteiger partial charge in [-0.25, -0.2) is 4.79 Å². The minimum absolute atomic E-state index is 0.352. The summed E-state index contributed by atoms with van der Waals surface area (Å²) in [5, 5.41) is 0. The van der Waals surface area contributed by atoms with E-state index in [9.17, 15) is 4.79 Å². The highest BCUT2D eigenvalue weighted by Crippen LogP contribution is 2.34. The summed E-state index contributed by atoms with van der Waals surface area (Å²) >= 11 is 2.00. The molecule has 3 nitrogen and oxygen atoms in total. The first-order valence-corrected chi connectivity index (χ1v) is 11.8. The molecule has 0 saturated carbocycles. The van der Waals surface area contributed by atoms with Crippen LogP contribution < -0.4 is 4.74 Å². The number of thiophene rings is 1. The molecular weight excluding hydrogens is 392 g/mol. The van der Waals surface area contributed by atoms with E-state index in [4.69, 9.17) is 4.74 Å². The second kappa shape index (κ2) is 12.6. The van der Waals surface area contributed by atoms with Crippen LogP contribution in [0.2, 0.25) is 0 Å². The molecule has 0 aliphatic rings. The molecule has 1 aromatic carbocycles. The molecule has 0 saturated heterocycles. The molecule has 2 rings (SSSR count). The summed E-state index contributed by atoms with van der Waals surface area (Å²) in [7, 11) is 1.37. The average Bonchev–Trinajstić information content (AvgIpc) is 3.17. The third-order valence-electron chi connectivity index (χ3n) is 5.06. The van der Waals surface area contributed by atoms with Crippen LogP contribution >= 0.6 is 11.3 Å². The molecule has 0 atom stereocenters. The predicted octanol–water partition coefficient (Wildman–Crippen LogP) is 7.36. The molecule has 0 amide bonds. The lowest BCUT2D eigenvalue weighted by Crippen LogP contribution is -1.98. The Labute approximate surface area is 186 Å². The third kappa shape index (κ3) is 7.98. The number of benzene rings is 1. The molecule has 0 bridgehead atoms. The van der Waals surface area contributed by atoms with Gasteiger partial charge >= 0.3 is 5.97 Å². The van der Waals surface area contributed by atoms with Crippen molar-refractivity contribution in [3.63, 3.8) is 0 Å². The van der Waals surface area contributed by atoms with Gasteiger partial charge in [-0.3, -0.25) is 0 Å². The molecule has 0 radical (unpaired) electrons. The highest BCUT2D eigenvalue weighted by molar-refractivity contribution is 7.12. The third-order valence-corrected chi connectivity index (χ3v) is 6.83. The van der Waals surface area contributed by atoms with Crippen LogP contribution in [0.5, 0.6) is 5.75 Å². The normalized spacial score (nSPS) is 11.6. The number of carbonyl (C=O) groups excluding carboxylic acids is 1. The summed E-state index contributed by atoms with van der Waals surface area (Å²) in [6.07, 6.45) is 9.09. The zero-order valence-corrected chi connectivity index (χ0v) is 19.9. The van der Waals surface area contributed by atoms with Crippen LogP contribution in [0.1, 0.15) is 86.1 Å². The quantitative estimate of drug-likeness (QED) is 0.201. The molecule has 30 heavy (non-hydrogen) atoms. The smallest absolute Gasteiger partial charge is 0.330 e. The molecular formula is C26H36O3S. The first-order chi connectivity index (χ1) is 14.4. The maximum absolute atomic E-state index is 11.1. The van der Waals surface area contributed by atoms with Crippen molar-refractivity contribution < 1.29 is 14.3 Å². The fraction of sp³-hybridized carbons (Fsp3) is 0.500. The highest BCUT2D eigenvalue weighted by Gasteiger charge is 2.13. The van der Waals surface area contributed by atoms with Gasteiger partial charge in [0.2, 0.25) is 0 Å². The van der Waals surface area contributed by atoms with Gasteiger partial charge < -0.3 is 9.47 Å². The first kappa shape index (κ1) is 24.2. The van der Waals surface area contributed by atoms with E-state index in [0.29, 0.717) is 11.8 Å². The monoisotopic (exact) mass is 428 g/mol. The van der Waals surface area contributed by atoms with Crippen LogP contribution in [0.3, 0.4) is 0 Å². The zero-order valence-electron chi connectivity index (χ0n) is 19.1. The number of aryl methyl sites for hydroxylation is 1. The Balaban J connectivity index is 1.66. The van der Waals surface area contributed by atoms with E-state index in [1.54, 1.807) is 16.5 Å². The molecule has 2 aromatic rings. The summed E-state index contributed by atoms with van der Waals surface area (Å²) in [6.45, 7) is 9.92. The Hall–Kier alpha value is -2.07. The number of ether oxygens (including phenoxy) is 2. The van der Waals surface area contributed by atoms with Gasteiger partial charge in [0.1, 0.15) is 5.75 Å². The van der Waals surface area contributed by atoms with Crippen molar-refractivity contribution in [2.75, 3.05) is 13.7 Å². The molecule has 0 aliphatic carbocycles. The van der Waals surface area contributed by atoms with Gasteiger partial charge in [0.15, 0.2) is 0 Å². The van der Waals surface area contributed by atoms with Crippen molar-refractivity contribution in [3.05, 3.63) is 57.3 Å². The average molecular weight is 429 g/mol. The Morgan fingerprint density at radius 1 is 1.00 bits per heavy atom. The van der Waals surface area contributed by atoms with Crippen LogP contribution in [-0.4, -0.2) is 19.7 Å². The maximum Gasteiger partial charge on any atom is 0.330 e. The van der Waals surface area contributed by atoms with Crippen LogP contribution in [-0.2, 0) is 16.0 Å². The molecule has 0 unspecified atom stereocenters. The van der Waals surface area contributed by atoms with Crippen molar-refractivity contribution >= 4 is 23.4 Å². The Bertz CT molecular complexity index is 800. The molecule has 1 aromatic heterocycles. The Morgan fingerprint density at radius 3 is 2.33 bits per heavy atom. The van der Waals surface area contributed by atoms with Crippen molar-refractivity contribution in [1.82, 2.24) is 0 Å². The fourth-order valence-corrected chi connectivity index (χ4v) is 4.52. The minimum Gasteiger partial charge on any atom is -0.494 e. The molecule has 0 aliphatic heterocycles. The SMILES string of the molecule is COC(=O)/C=C/c1ccc(OCCCCCCc2cc(C(C)C)sc2C(C)C)cc1. The standard InChI is InChI=1S/C26H36O3S/c1-19(2)24-18-22(26(30-24)20(3)4)10-8-6-7-9-17-29-23-14-11-21(12-15-23)13-16-25(27)28-5/h11-16,18-20H,6-10,17H2,1-5H3/b16-13+. The summed E-state index contributed by atoms with van der Waals surface area (Å²) in [6, 6.07) is 10.2. The summed E-state index contributed by atoms with van der Waals surface area (Å²) < 4.78 is 10.4. The number of unbranched alkanes of at least 4 members (excludes halogenated alkanes) is 3. The number of rotatable bonds is 12. The van der Waals surface area contributed by atoms with Crippen LogP contribution in [0.15, 0.2) is 36.4 Å². The van der Waals surface area contributed by atoms with E-state index in [2.05, 4.69) is 38.5 Å². The topological polar surface area (TPSA) is 35.5 Å².